The van der Waals surface area contributed by atoms with Crippen LogP contribution in [0.2, 0.25) is 0 Å². The number of aryl methyl sites for hydroxylation is 1. The average molecular weight is 296 g/mol. The van der Waals surface area contributed by atoms with Crippen LogP contribution in [0.15, 0.2) is 15.6 Å². The Morgan fingerprint density at radius 1 is 1.29 bits per heavy atom. The molecule has 0 spiro atoms. The zero-order valence-electron chi connectivity index (χ0n) is 13.4. The molecule has 0 aromatic carbocycles. The zero-order chi connectivity index (χ0) is 15.3. The van der Waals surface area contributed by atoms with E-state index in [9.17, 15) is 0 Å². The van der Waals surface area contributed by atoms with Gasteiger partial charge >= 0.3 is 0 Å². The molecule has 0 amide bonds. The molecule has 0 atom stereocenters. The molecule has 0 fully saturated rings. The van der Waals surface area contributed by atoms with Crippen molar-refractivity contribution in [1.29, 1.82) is 0 Å². The van der Waals surface area contributed by atoms with Crippen molar-refractivity contribution in [3.05, 3.63) is 17.5 Å². The molecule has 6 heteroatoms. The Labute approximate surface area is 127 Å². The molecule has 1 aromatic heterocycles. The third-order valence-electron chi connectivity index (χ3n) is 3.02. The first-order valence-corrected chi connectivity index (χ1v) is 7.76. The molecule has 0 saturated carbocycles. The molecule has 1 aromatic rings. The lowest BCUT2D eigenvalue weighted by Crippen LogP contribution is -2.37. The minimum atomic E-state index is 0.583. The van der Waals surface area contributed by atoms with Gasteiger partial charge in [-0.15, -0.1) is 0 Å². The van der Waals surface area contributed by atoms with Gasteiger partial charge in [-0.3, -0.25) is 4.99 Å². The van der Waals surface area contributed by atoms with Crippen LogP contribution >= 0.6 is 0 Å². The second kappa shape index (κ2) is 11.1. The van der Waals surface area contributed by atoms with E-state index < -0.39 is 0 Å². The van der Waals surface area contributed by atoms with Crippen molar-refractivity contribution in [2.75, 3.05) is 26.8 Å². The number of unbranched alkanes of at least 4 members (excludes halogenated alkanes) is 1. The molecule has 21 heavy (non-hydrogen) atoms. The van der Waals surface area contributed by atoms with Crippen molar-refractivity contribution >= 4 is 5.96 Å². The van der Waals surface area contributed by atoms with E-state index in [1.165, 1.54) is 6.42 Å². The molecule has 6 nitrogen and oxygen atoms in total. The normalized spacial score (nSPS) is 11.7. The van der Waals surface area contributed by atoms with E-state index in [0.29, 0.717) is 6.54 Å². The van der Waals surface area contributed by atoms with Crippen molar-refractivity contribution in [3.8, 4) is 0 Å². The highest BCUT2D eigenvalue weighted by molar-refractivity contribution is 5.79. The number of nitrogens with one attached hydrogen (secondary N) is 2. The van der Waals surface area contributed by atoms with Gasteiger partial charge in [-0.1, -0.05) is 25.4 Å². The number of aliphatic imine (C=N–C) groups is 1. The highest BCUT2D eigenvalue weighted by Crippen LogP contribution is 2.03. The average Bonchev–Trinajstić information content (AvgIpc) is 2.97. The van der Waals surface area contributed by atoms with Gasteiger partial charge in [0.2, 0.25) is 0 Å². The monoisotopic (exact) mass is 296 g/mol. The van der Waals surface area contributed by atoms with Gasteiger partial charge in [-0.25, -0.2) is 0 Å². The molecule has 2 N–H and O–H groups in total. The fourth-order valence-corrected chi connectivity index (χ4v) is 1.73. The lowest BCUT2D eigenvalue weighted by atomic mass is 10.3. The van der Waals surface area contributed by atoms with Gasteiger partial charge in [0.15, 0.2) is 11.7 Å². The van der Waals surface area contributed by atoms with Crippen molar-refractivity contribution in [3.63, 3.8) is 0 Å². The highest BCUT2D eigenvalue weighted by Gasteiger charge is 2.03. The number of rotatable bonds is 10. The number of ether oxygens (including phenoxy) is 1. The van der Waals surface area contributed by atoms with Gasteiger partial charge in [0.05, 0.1) is 12.2 Å². The first kappa shape index (κ1) is 17.5. The van der Waals surface area contributed by atoms with Crippen LogP contribution in [0.4, 0.5) is 0 Å². The summed E-state index contributed by atoms with van der Waals surface area (Å²) in [5.41, 5.74) is 0.971. The lowest BCUT2D eigenvalue weighted by molar-refractivity contribution is 0.129. The molecule has 1 rings (SSSR count). The van der Waals surface area contributed by atoms with Crippen LogP contribution in [0.3, 0.4) is 0 Å². The van der Waals surface area contributed by atoms with E-state index in [4.69, 9.17) is 9.26 Å². The molecule has 0 aliphatic heterocycles. The molecular formula is C15H28N4O2. The first-order chi connectivity index (χ1) is 10.3. The summed E-state index contributed by atoms with van der Waals surface area (Å²) in [5.74, 6) is 1.58. The molecule has 0 saturated heterocycles. The molecule has 0 aliphatic carbocycles. The van der Waals surface area contributed by atoms with Crippen LogP contribution < -0.4 is 10.6 Å². The van der Waals surface area contributed by atoms with Gasteiger partial charge in [-0.2, -0.15) is 0 Å². The highest BCUT2D eigenvalue weighted by atomic mass is 16.5. The van der Waals surface area contributed by atoms with Gasteiger partial charge in [0, 0.05) is 32.9 Å². The van der Waals surface area contributed by atoms with E-state index in [1.807, 2.05) is 6.07 Å². The number of nitrogens with zero attached hydrogens (tertiary/aromatic N) is 2. The summed E-state index contributed by atoms with van der Waals surface area (Å²) in [4.78, 5) is 4.17. The molecule has 0 unspecified atom stereocenters. The van der Waals surface area contributed by atoms with Crippen molar-refractivity contribution < 1.29 is 9.26 Å². The van der Waals surface area contributed by atoms with E-state index >= 15 is 0 Å². The summed E-state index contributed by atoms with van der Waals surface area (Å²) in [6.45, 7) is 7.28. The molecule has 1 heterocycles. The number of aromatic nitrogens is 1. The van der Waals surface area contributed by atoms with E-state index in [-0.39, 0.29) is 0 Å². The Balaban J connectivity index is 2.11. The Bertz CT molecular complexity index is 404. The first-order valence-electron chi connectivity index (χ1n) is 7.76. The predicted octanol–water partition coefficient (Wildman–Crippen LogP) is 2.11. The van der Waals surface area contributed by atoms with Gasteiger partial charge < -0.3 is 19.9 Å². The third-order valence-corrected chi connectivity index (χ3v) is 3.02. The van der Waals surface area contributed by atoms with Gasteiger partial charge in [0.25, 0.3) is 0 Å². The molecule has 0 bridgehead atoms. The van der Waals surface area contributed by atoms with Crippen LogP contribution in [0.5, 0.6) is 0 Å². The summed E-state index contributed by atoms with van der Waals surface area (Å²) < 4.78 is 10.7. The molecular weight excluding hydrogens is 268 g/mol. The maximum Gasteiger partial charge on any atom is 0.191 e. The SMILES string of the molecule is CCCCOCCCNC(=NC)NCc1cc(CC)no1. The maximum atomic E-state index is 5.51. The fourth-order valence-electron chi connectivity index (χ4n) is 1.73. The van der Waals surface area contributed by atoms with Crippen molar-refractivity contribution in [2.45, 2.75) is 46.1 Å². The number of guanidine groups is 1. The maximum absolute atomic E-state index is 5.51. The molecule has 120 valence electrons. The van der Waals surface area contributed by atoms with Crippen molar-refractivity contribution in [2.24, 2.45) is 4.99 Å². The minimum absolute atomic E-state index is 0.583. The standard InChI is InChI=1S/C15H28N4O2/c1-4-6-9-20-10-7-8-17-15(16-3)18-12-14-11-13(5-2)19-21-14/h11H,4-10,12H2,1-3H3,(H2,16,17,18). The van der Waals surface area contributed by atoms with E-state index in [1.54, 1.807) is 7.05 Å². The van der Waals surface area contributed by atoms with Gasteiger partial charge in [-0.05, 0) is 19.3 Å². The summed E-state index contributed by atoms with van der Waals surface area (Å²) in [7, 11) is 1.75. The summed E-state index contributed by atoms with van der Waals surface area (Å²) in [6.07, 6.45) is 4.16. The second-order valence-electron chi connectivity index (χ2n) is 4.81. The van der Waals surface area contributed by atoms with Gasteiger partial charge in [0.1, 0.15) is 0 Å². The smallest absolute Gasteiger partial charge is 0.191 e. The minimum Gasteiger partial charge on any atom is -0.381 e. The Kier molecular flexibility index (Phi) is 9.28. The third kappa shape index (κ3) is 7.70. The van der Waals surface area contributed by atoms with Crippen LogP contribution in [0.25, 0.3) is 0 Å². The van der Waals surface area contributed by atoms with E-state index in [0.717, 1.165) is 56.4 Å². The zero-order valence-corrected chi connectivity index (χ0v) is 13.4. The van der Waals surface area contributed by atoms with E-state index in [2.05, 4.69) is 34.6 Å². The summed E-state index contributed by atoms with van der Waals surface area (Å²) >= 11 is 0. The quantitative estimate of drug-likeness (QED) is 0.393. The summed E-state index contributed by atoms with van der Waals surface area (Å²) in [6, 6.07) is 1.96. The van der Waals surface area contributed by atoms with Crippen LogP contribution in [0.1, 0.15) is 44.6 Å². The van der Waals surface area contributed by atoms with Crippen LogP contribution in [-0.4, -0.2) is 37.9 Å². The summed E-state index contributed by atoms with van der Waals surface area (Å²) in [5, 5.41) is 10.4. The fraction of sp³-hybridized carbons (Fsp3) is 0.733. The topological polar surface area (TPSA) is 71.7 Å². The van der Waals surface area contributed by atoms with Crippen LogP contribution in [-0.2, 0) is 17.7 Å². The second-order valence-corrected chi connectivity index (χ2v) is 4.81. The Morgan fingerprint density at radius 2 is 2.10 bits per heavy atom. The predicted molar refractivity (Wildman–Crippen MR) is 84.4 cm³/mol. The van der Waals surface area contributed by atoms with Crippen LogP contribution in [0, 0.1) is 0 Å². The molecule has 0 aliphatic rings. The molecule has 0 radical (unpaired) electrons. The Morgan fingerprint density at radius 3 is 2.76 bits per heavy atom. The Hall–Kier alpha value is -1.56. The largest absolute Gasteiger partial charge is 0.381 e. The number of hydrogen-bond acceptors (Lipinski definition) is 4. The lowest BCUT2D eigenvalue weighted by Gasteiger charge is -2.10. The number of hydrogen-bond donors (Lipinski definition) is 2. The van der Waals surface area contributed by atoms with Crippen molar-refractivity contribution in [1.82, 2.24) is 15.8 Å².